The highest BCUT2D eigenvalue weighted by Gasteiger charge is 2.09. The normalized spacial score (nSPS) is 17.3. The smallest absolute Gasteiger partial charge is 0.0278 e. The maximum atomic E-state index is 3.36. The Balaban J connectivity index is 2.39. The first-order valence-corrected chi connectivity index (χ1v) is 4.15. The zero-order chi connectivity index (χ0) is 6.10. The van der Waals surface area contributed by atoms with Crippen LogP contribution in [0.25, 0.3) is 0 Å². The predicted octanol–water partition coefficient (Wildman–Crippen LogP) is 2.51. The van der Waals surface area contributed by atoms with Crippen LogP contribution in [0.3, 0.4) is 0 Å². The van der Waals surface area contributed by atoms with Gasteiger partial charge in [0.2, 0.25) is 0 Å². The van der Waals surface area contributed by atoms with Crippen LogP contribution in [0.4, 0.5) is 0 Å². The number of fused-ring (bicyclic) bond motifs is 1. The van der Waals surface area contributed by atoms with Gasteiger partial charge in [-0.2, -0.15) is 0 Å². The fourth-order valence-corrected chi connectivity index (χ4v) is 2.04. The molecule has 0 bridgehead atoms. The van der Waals surface area contributed by atoms with E-state index in [1.54, 1.807) is 0 Å². The van der Waals surface area contributed by atoms with Crippen LogP contribution in [-0.4, -0.2) is 0 Å². The van der Waals surface area contributed by atoms with Crippen LogP contribution in [0.5, 0.6) is 0 Å². The molecule has 2 rings (SSSR count). The molecule has 0 atom stereocenters. The standard InChI is InChI=1S/C8H8S/c1-2-4-8-7(3-1)5-6-9-8/h5-6H,1-3H2. The monoisotopic (exact) mass is 136 g/mol. The number of rotatable bonds is 0. The SMILES string of the molecule is [C]1CCCc2ccsc21. The molecule has 2 radical (unpaired) electrons. The lowest BCUT2D eigenvalue weighted by Crippen LogP contribution is -1.94. The van der Waals surface area contributed by atoms with Crippen molar-refractivity contribution in [1.29, 1.82) is 0 Å². The minimum atomic E-state index is 1.16. The lowest BCUT2D eigenvalue weighted by atomic mass is 10.00. The van der Waals surface area contributed by atoms with Crippen LogP contribution < -0.4 is 0 Å². The van der Waals surface area contributed by atoms with Crippen molar-refractivity contribution in [2.45, 2.75) is 19.3 Å². The van der Waals surface area contributed by atoms with Crippen molar-refractivity contribution in [3.05, 3.63) is 28.3 Å². The number of thiophene rings is 1. The molecule has 0 unspecified atom stereocenters. The number of aryl methyl sites for hydroxylation is 1. The van der Waals surface area contributed by atoms with Gasteiger partial charge in [-0.25, -0.2) is 0 Å². The van der Waals surface area contributed by atoms with E-state index >= 15 is 0 Å². The van der Waals surface area contributed by atoms with Crippen molar-refractivity contribution in [2.75, 3.05) is 0 Å². The van der Waals surface area contributed by atoms with E-state index in [1.165, 1.54) is 23.3 Å². The highest BCUT2D eigenvalue weighted by Crippen LogP contribution is 2.26. The lowest BCUT2D eigenvalue weighted by molar-refractivity contribution is 0.784. The Morgan fingerprint density at radius 3 is 3.44 bits per heavy atom. The van der Waals surface area contributed by atoms with Crippen LogP contribution in [0, 0.1) is 6.42 Å². The van der Waals surface area contributed by atoms with Crippen LogP contribution in [0.2, 0.25) is 0 Å². The first kappa shape index (κ1) is 5.48. The summed E-state index contributed by atoms with van der Waals surface area (Å²) < 4.78 is 0. The Morgan fingerprint density at radius 2 is 2.56 bits per heavy atom. The summed E-state index contributed by atoms with van der Waals surface area (Å²) in [6.07, 6.45) is 7.09. The van der Waals surface area contributed by atoms with Gasteiger partial charge in [0.15, 0.2) is 0 Å². The van der Waals surface area contributed by atoms with Gasteiger partial charge in [0.25, 0.3) is 0 Å². The average Bonchev–Trinajstić information content (AvgIpc) is 2.33. The van der Waals surface area contributed by atoms with Gasteiger partial charge in [-0.3, -0.25) is 0 Å². The van der Waals surface area contributed by atoms with E-state index in [4.69, 9.17) is 0 Å². The highest BCUT2D eigenvalue weighted by atomic mass is 32.1. The molecule has 0 nitrogen and oxygen atoms in total. The molecule has 1 aliphatic carbocycles. The largest absolute Gasteiger partial charge is 0.148 e. The Bertz CT molecular complexity index is 180. The molecule has 0 fully saturated rings. The van der Waals surface area contributed by atoms with E-state index in [2.05, 4.69) is 17.9 Å². The molecule has 1 aromatic heterocycles. The molecule has 9 heavy (non-hydrogen) atoms. The van der Waals surface area contributed by atoms with E-state index in [9.17, 15) is 0 Å². The van der Waals surface area contributed by atoms with Gasteiger partial charge in [-0.05, 0) is 36.3 Å². The van der Waals surface area contributed by atoms with Gasteiger partial charge in [0, 0.05) is 11.3 Å². The minimum absolute atomic E-state index is 1.16. The van der Waals surface area contributed by atoms with E-state index in [-0.39, 0.29) is 0 Å². The van der Waals surface area contributed by atoms with Crippen molar-refractivity contribution in [3.8, 4) is 0 Å². The van der Waals surface area contributed by atoms with E-state index < -0.39 is 0 Å². The van der Waals surface area contributed by atoms with Crippen LogP contribution >= 0.6 is 11.3 Å². The van der Waals surface area contributed by atoms with Gasteiger partial charge >= 0.3 is 0 Å². The maximum Gasteiger partial charge on any atom is 0.0278 e. The summed E-state index contributed by atoms with van der Waals surface area (Å²) in [5.41, 5.74) is 1.51. The summed E-state index contributed by atoms with van der Waals surface area (Å²) in [6.45, 7) is 0. The van der Waals surface area contributed by atoms with Crippen LogP contribution in [0.1, 0.15) is 23.3 Å². The van der Waals surface area contributed by atoms with Gasteiger partial charge in [0.05, 0.1) is 0 Å². The summed E-state index contributed by atoms with van der Waals surface area (Å²) in [7, 11) is 0. The zero-order valence-electron chi connectivity index (χ0n) is 5.18. The molecule has 0 saturated heterocycles. The molecule has 1 heterocycles. The second-order valence-corrected chi connectivity index (χ2v) is 3.22. The average molecular weight is 136 g/mol. The second kappa shape index (κ2) is 2.14. The molecular weight excluding hydrogens is 128 g/mol. The Kier molecular flexibility index (Phi) is 1.31. The fraction of sp³-hybridized carbons (Fsp3) is 0.375. The molecule has 1 aliphatic rings. The summed E-state index contributed by atoms with van der Waals surface area (Å²) in [5.74, 6) is 0. The van der Waals surface area contributed by atoms with Crippen LogP contribution in [-0.2, 0) is 6.42 Å². The van der Waals surface area contributed by atoms with Gasteiger partial charge in [0.1, 0.15) is 0 Å². The summed E-state index contributed by atoms with van der Waals surface area (Å²) in [5, 5.41) is 2.16. The van der Waals surface area contributed by atoms with Crippen LogP contribution in [0.15, 0.2) is 11.4 Å². The first-order chi connectivity index (χ1) is 4.47. The Morgan fingerprint density at radius 1 is 1.56 bits per heavy atom. The molecular formula is C8H8S. The van der Waals surface area contributed by atoms with E-state index in [0.717, 1.165) is 6.42 Å². The number of hydrogen-bond donors (Lipinski definition) is 0. The Labute approximate surface area is 59.5 Å². The third kappa shape index (κ3) is 0.897. The van der Waals surface area contributed by atoms with Gasteiger partial charge in [-0.15, -0.1) is 11.3 Å². The minimum Gasteiger partial charge on any atom is -0.148 e. The predicted molar refractivity (Wildman–Crippen MR) is 39.6 cm³/mol. The molecule has 0 spiro atoms. The van der Waals surface area contributed by atoms with Gasteiger partial charge in [-0.1, -0.05) is 0 Å². The fourth-order valence-electron chi connectivity index (χ4n) is 1.17. The zero-order valence-corrected chi connectivity index (χ0v) is 6.00. The van der Waals surface area contributed by atoms with Crippen molar-refractivity contribution < 1.29 is 0 Å². The quantitative estimate of drug-likeness (QED) is 0.514. The van der Waals surface area contributed by atoms with E-state index in [0.29, 0.717) is 0 Å². The van der Waals surface area contributed by atoms with Crippen molar-refractivity contribution >= 4 is 11.3 Å². The third-order valence-corrected chi connectivity index (χ3v) is 2.57. The third-order valence-electron chi connectivity index (χ3n) is 1.66. The summed E-state index contributed by atoms with van der Waals surface area (Å²) in [4.78, 5) is 1.39. The molecule has 0 saturated carbocycles. The van der Waals surface area contributed by atoms with Crippen molar-refractivity contribution in [1.82, 2.24) is 0 Å². The van der Waals surface area contributed by atoms with E-state index in [1.807, 2.05) is 11.3 Å². The summed E-state index contributed by atoms with van der Waals surface area (Å²) >= 11 is 1.81. The molecule has 1 aromatic rings. The topological polar surface area (TPSA) is 0 Å². The lowest BCUT2D eigenvalue weighted by Gasteiger charge is -2.07. The Hall–Kier alpha value is -0.300. The summed E-state index contributed by atoms with van der Waals surface area (Å²) in [6, 6.07) is 2.21. The molecule has 0 aromatic carbocycles. The van der Waals surface area contributed by atoms with Crippen molar-refractivity contribution in [2.24, 2.45) is 0 Å². The molecule has 1 heteroatoms. The molecule has 0 amide bonds. The maximum absolute atomic E-state index is 3.36. The highest BCUT2D eigenvalue weighted by molar-refractivity contribution is 7.10. The second-order valence-electron chi connectivity index (χ2n) is 2.31. The number of hydrogen-bond acceptors (Lipinski definition) is 1. The van der Waals surface area contributed by atoms with Gasteiger partial charge < -0.3 is 0 Å². The first-order valence-electron chi connectivity index (χ1n) is 3.27. The molecule has 46 valence electrons. The molecule has 0 N–H and O–H groups in total. The molecule has 0 aliphatic heterocycles. The van der Waals surface area contributed by atoms with Crippen molar-refractivity contribution in [3.63, 3.8) is 0 Å².